The smallest absolute Gasteiger partial charge is 0.167 e. The van der Waals surface area contributed by atoms with Crippen LogP contribution in [-0.4, -0.2) is 60.5 Å². The van der Waals surface area contributed by atoms with E-state index >= 15 is 4.39 Å². The summed E-state index contributed by atoms with van der Waals surface area (Å²) in [6, 6.07) is 15.6. The minimum atomic E-state index is -1.04. The fourth-order valence-electron chi connectivity index (χ4n) is 5.96. The molecule has 3 aromatic carbocycles. The minimum Gasteiger partial charge on any atom is -0.493 e. The van der Waals surface area contributed by atoms with Crippen LogP contribution in [-0.2, 0) is 4.79 Å². The molecular formula is C34H36F2N4O5. The number of nitrogens with one attached hydrogen (secondary N) is 3. The Labute approximate surface area is 259 Å². The van der Waals surface area contributed by atoms with Crippen molar-refractivity contribution in [2.24, 2.45) is 5.92 Å². The van der Waals surface area contributed by atoms with E-state index < -0.39 is 29.4 Å². The first-order valence-electron chi connectivity index (χ1n) is 14.9. The second-order valence-corrected chi connectivity index (χ2v) is 12.1. The van der Waals surface area contributed by atoms with Gasteiger partial charge in [0.15, 0.2) is 23.1 Å². The van der Waals surface area contributed by atoms with E-state index in [2.05, 4.69) is 20.9 Å². The molecule has 3 heterocycles. The first-order valence-corrected chi connectivity index (χ1v) is 14.9. The van der Waals surface area contributed by atoms with Crippen molar-refractivity contribution in [1.82, 2.24) is 15.6 Å². The molecule has 9 nitrogen and oxygen atoms in total. The molecule has 4 atom stereocenters. The van der Waals surface area contributed by atoms with Crippen molar-refractivity contribution in [2.45, 2.75) is 44.0 Å². The van der Waals surface area contributed by atoms with Crippen LogP contribution in [0.5, 0.6) is 23.0 Å². The average Bonchev–Trinajstić information content (AvgIpc) is 3.01. The van der Waals surface area contributed by atoms with Crippen molar-refractivity contribution in [1.29, 1.82) is 0 Å². The Balaban J connectivity index is 1.20. The van der Waals surface area contributed by atoms with E-state index in [0.29, 0.717) is 46.9 Å². The normalized spacial score (nSPS) is 21.7. The number of benzene rings is 3. The summed E-state index contributed by atoms with van der Waals surface area (Å²) in [6.45, 7) is 4.51. The lowest BCUT2D eigenvalue weighted by atomic mass is 9.75. The summed E-state index contributed by atoms with van der Waals surface area (Å²) in [6.07, 6.45) is 1.91. The van der Waals surface area contributed by atoms with Gasteiger partial charge < -0.3 is 30.0 Å². The first-order chi connectivity index (χ1) is 21.6. The monoisotopic (exact) mass is 618 g/mol. The number of hydrogen-bond acceptors (Lipinski definition) is 9. The number of carbonyl (C=O) groups is 1. The zero-order chi connectivity index (χ0) is 31.7. The van der Waals surface area contributed by atoms with E-state index in [4.69, 9.17) is 14.2 Å². The number of ether oxygens (including phenoxy) is 3. The quantitative estimate of drug-likeness (QED) is 0.203. The number of carbonyl (C=O) groups excluding carboxylic acids is 1. The number of hydrogen-bond donors (Lipinski definition) is 4. The summed E-state index contributed by atoms with van der Waals surface area (Å²) in [5, 5.41) is 20.8. The van der Waals surface area contributed by atoms with Crippen LogP contribution in [0.4, 0.5) is 14.5 Å². The van der Waals surface area contributed by atoms with Crippen molar-refractivity contribution >= 4 is 22.4 Å². The summed E-state index contributed by atoms with van der Waals surface area (Å²) < 4.78 is 46.2. The highest BCUT2D eigenvalue weighted by Crippen LogP contribution is 2.38. The van der Waals surface area contributed by atoms with Crippen molar-refractivity contribution in [2.75, 3.05) is 32.1 Å². The molecule has 2 fully saturated rings. The zero-order valence-corrected chi connectivity index (χ0v) is 25.3. The van der Waals surface area contributed by atoms with Crippen LogP contribution in [0.1, 0.15) is 31.7 Å². The largest absolute Gasteiger partial charge is 0.493 e. The molecule has 0 bridgehead atoms. The number of halogens is 2. The summed E-state index contributed by atoms with van der Waals surface area (Å²) in [5.74, 6) is -0.483. The Bertz CT molecular complexity index is 1700. The maximum atomic E-state index is 15.5. The third-order valence-electron chi connectivity index (χ3n) is 8.18. The summed E-state index contributed by atoms with van der Waals surface area (Å²) >= 11 is 0. The Morgan fingerprint density at radius 2 is 1.80 bits per heavy atom. The molecule has 0 radical (unpaired) electrons. The van der Waals surface area contributed by atoms with E-state index in [1.54, 1.807) is 56.4 Å². The molecule has 4 unspecified atom stereocenters. The van der Waals surface area contributed by atoms with Gasteiger partial charge in [-0.2, -0.15) is 0 Å². The van der Waals surface area contributed by atoms with Crippen LogP contribution < -0.4 is 30.2 Å². The number of methoxy groups -OCH3 is 1. The van der Waals surface area contributed by atoms with Gasteiger partial charge in [0.2, 0.25) is 0 Å². The second-order valence-electron chi connectivity index (χ2n) is 12.1. The SMILES string of the molecule is COc1cc2c(Oc3ccc(NC4NCCC5NCC(c6ccc(F)cc6)C(=O)C54)cc3F)ccnc2cc1OCC(C)(C)O. The molecule has 4 aromatic rings. The molecule has 1 aromatic heterocycles. The molecule has 236 valence electrons. The summed E-state index contributed by atoms with van der Waals surface area (Å²) in [5.41, 5.74) is 0.759. The number of rotatable bonds is 9. The maximum Gasteiger partial charge on any atom is 0.167 e. The summed E-state index contributed by atoms with van der Waals surface area (Å²) in [7, 11) is 1.50. The van der Waals surface area contributed by atoms with Crippen LogP contribution in [0.15, 0.2) is 66.9 Å². The third-order valence-corrected chi connectivity index (χ3v) is 8.18. The van der Waals surface area contributed by atoms with Gasteiger partial charge in [0.1, 0.15) is 24.0 Å². The van der Waals surface area contributed by atoms with Crippen LogP contribution in [0, 0.1) is 17.6 Å². The number of nitrogens with zero attached hydrogens (tertiary/aromatic N) is 1. The lowest BCUT2D eigenvalue weighted by molar-refractivity contribution is -0.128. The fraction of sp³-hybridized carbons (Fsp3) is 0.353. The van der Waals surface area contributed by atoms with Crippen LogP contribution in [0.3, 0.4) is 0 Å². The molecule has 6 rings (SSSR count). The lowest BCUT2D eigenvalue weighted by Gasteiger charge is -2.44. The highest BCUT2D eigenvalue weighted by Gasteiger charge is 2.44. The third kappa shape index (κ3) is 6.70. The molecule has 2 aliphatic heterocycles. The highest BCUT2D eigenvalue weighted by molar-refractivity contribution is 5.91. The van der Waals surface area contributed by atoms with Gasteiger partial charge in [-0.05, 0) is 68.8 Å². The van der Waals surface area contributed by atoms with Crippen molar-refractivity contribution in [3.63, 3.8) is 0 Å². The first kappa shape index (κ1) is 30.7. The van der Waals surface area contributed by atoms with Crippen molar-refractivity contribution in [3.05, 3.63) is 84.1 Å². The van der Waals surface area contributed by atoms with Gasteiger partial charge in [0.25, 0.3) is 0 Å². The van der Waals surface area contributed by atoms with Gasteiger partial charge in [-0.3, -0.25) is 15.1 Å². The number of anilines is 1. The standard InChI is InChI=1S/C34H36F2N4O5/c1-34(2,42)18-44-30-16-26-22(15-29(30)43-3)27(11-13-37-26)45-28-9-8-21(14-24(28)36)40-33-31-25(10-12-38-33)39-17-23(32(31)41)19-4-6-20(35)7-5-19/h4-9,11,13-16,23,25,31,33,38-40,42H,10,12,17-18H2,1-3H3. The minimum absolute atomic E-state index is 0.00985. The average molecular weight is 619 g/mol. The van der Waals surface area contributed by atoms with E-state index in [9.17, 15) is 14.3 Å². The number of piperidine rings is 2. The Morgan fingerprint density at radius 1 is 1.00 bits per heavy atom. The summed E-state index contributed by atoms with van der Waals surface area (Å²) in [4.78, 5) is 18.1. The van der Waals surface area contributed by atoms with Crippen molar-refractivity contribution < 1.29 is 32.9 Å². The van der Waals surface area contributed by atoms with E-state index in [1.165, 1.54) is 31.4 Å². The van der Waals surface area contributed by atoms with Gasteiger partial charge in [0, 0.05) is 42.0 Å². The molecule has 45 heavy (non-hydrogen) atoms. The number of aromatic nitrogens is 1. The number of fused-ring (bicyclic) bond motifs is 2. The van der Waals surface area contributed by atoms with Crippen LogP contribution in [0.25, 0.3) is 10.9 Å². The van der Waals surface area contributed by atoms with Crippen LogP contribution >= 0.6 is 0 Å². The van der Waals surface area contributed by atoms with E-state index in [0.717, 1.165) is 12.0 Å². The Hall–Kier alpha value is -4.32. The number of pyridine rings is 1. The second kappa shape index (κ2) is 12.6. The number of ketones is 1. The van der Waals surface area contributed by atoms with Gasteiger partial charge in [-0.15, -0.1) is 0 Å². The molecule has 11 heteroatoms. The molecular weight excluding hydrogens is 582 g/mol. The number of Topliss-reactive ketones (excluding diaryl/α,β-unsaturated/α-hetero) is 1. The maximum absolute atomic E-state index is 15.5. The predicted molar refractivity (Wildman–Crippen MR) is 166 cm³/mol. The van der Waals surface area contributed by atoms with Gasteiger partial charge in [-0.25, -0.2) is 8.78 Å². The van der Waals surface area contributed by atoms with Gasteiger partial charge in [0.05, 0.1) is 36.2 Å². The Kier molecular flexibility index (Phi) is 8.59. The molecule has 0 aliphatic carbocycles. The topological polar surface area (TPSA) is 114 Å². The van der Waals surface area contributed by atoms with E-state index in [-0.39, 0.29) is 30.0 Å². The van der Waals surface area contributed by atoms with Gasteiger partial charge >= 0.3 is 0 Å². The molecule has 2 aliphatic rings. The molecule has 0 saturated carbocycles. The lowest BCUT2D eigenvalue weighted by Crippen LogP contribution is -2.63. The van der Waals surface area contributed by atoms with E-state index in [1.807, 2.05) is 0 Å². The molecule has 0 amide bonds. The fourth-order valence-corrected chi connectivity index (χ4v) is 5.96. The molecule has 0 spiro atoms. The number of aliphatic hydroxyl groups is 1. The predicted octanol–water partition coefficient (Wildman–Crippen LogP) is 5.14. The Morgan fingerprint density at radius 3 is 2.53 bits per heavy atom. The highest BCUT2D eigenvalue weighted by atomic mass is 19.1. The van der Waals surface area contributed by atoms with Crippen LogP contribution in [0.2, 0.25) is 0 Å². The zero-order valence-electron chi connectivity index (χ0n) is 25.3. The molecule has 4 N–H and O–H groups in total. The van der Waals surface area contributed by atoms with Gasteiger partial charge in [-0.1, -0.05) is 12.1 Å². The van der Waals surface area contributed by atoms with Crippen molar-refractivity contribution in [3.8, 4) is 23.0 Å². The molecule has 2 saturated heterocycles.